The van der Waals surface area contributed by atoms with Crippen molar-refractivity contribution in [2.45, 2.75) is 0 Å². The quantitative estimate of drug-likeness (QED) is 0.294. The fourth-order valence-corrected chi connectivity index (χ4v) is 8.50. The number of carbonyl (C=O) groups excluding carboxylic acids is 1. The van der Waals surface area contributed by atoms with Crippen molar-refractivity contribution in [1.82, 2.24) is 10.2 Å². The molecule has 156 valence electrons. The SMILES string of the molecule is CN(CC(=O)NCC[PH](c1ccccc1)(c1ccccc1)c1ccccc1)C(=N)N. The molecule has 0 aliphatic rings. The molecule has 0 fully saturated rings. The Morgan fingerprint density at radius 1 is 0.867 bits per heavy atom. The van der Waals surface area contributed by atoms with Crippen LogP contribution in [0.3, 0.4) is 0 Å². The van der Waals surface area contributed by atoms with E-state index in [4.69, 9.17) is 11.1 Å². The Morgan fingerprint density at radius 2 is 1.27 bits per heavy atom. The van der Waals surface area contributed by atoms with Gasteiger partial charge in [0.2, 0.25) is 0 Å². The van der Waals surface area contributed by atoms with E-state index in [1.807, 2.05) is 18.2 Å². The first kappa shape index (κ1) is 21.5. The van der Waals surface area contributed by atoms with Crippen molar-refractivity contribution in [2.75, 3.05) is 26.3 Å². The van der Waals surface area contributed by atoms with Crippen LogP contribution in [0, 0.1) is 5.41 Å². The van der Waals surface area contributed by atoms with Crippen LogP contribution in [0.1, 0.15) is 0 Å². The standard InChI is InChI=1S/C24H29N4OP/c1-28(24(25)26)19-23(29)27-17-18-30(20-11-5-2-6-12-20,21-13-7-3-8-14-21)22-15-9-4-10-16-22/h2-16,30H,17-19H2,1H3,(H3,25,26)(H,27,29). The van der Waals surface area contributed by atoms with Gasteiger partial charge in [0.1, 0.15) is 0 Å². The maximum absolute atomic E-state index is 12.4. The van der Waals surface area contributed by atoms with E-state index in [0.29, 0.717) is 6.54 Å². The van der Waals surface area contributed by atoms with Gasteiger partial charge in [0.05, 0.1) is 0 Å². The van der Waals surface area contributed by atoms with Gasteiger partial charge in [-0.2, -0.15) is 0 Å². The Balaban J connectivity index is 1.95. The molecule has 0 aliphatic heterocycles. The van der Waals surface area contributed by atoms with Crippen LogP contribution in [0.15, 0.2) is 91.0 Å². The van der Waals surface area contributed by atoms with Crippen LogP contribution in [-0.2, 0) is 4.79 Å². The number of guanidine groups is 1. The first-order valence-corrected chi connectivity index (χ1v) is 12.2. The van der Waals surface area contributed by atoms with Crippen molar-refractivity contribution in [1.29, 1.82) is 5.41 Å². The molecular formula is C24H29N4OP. The summed E-state index contributed by atoms with van der Waals surface area (Å²) >= 11 is 0. The first-order chi connectivity index (χ1) is 14.5. The van der Waals surface area contributed by atoms with Crippen LogP contribution in [0.5, 0.6) is 0 Å². The van der Waals surface area contributed by atoms with E-state index >= 15 is 0 Å². The van der Waals surface area contributed by atoms with Crippen LogP contribution in [0.2, 0.25) is 0 Å². The topological polar surface area (TPSA) is 82.2 Å². The molecule has 0 atom stereocenters. The van der Waals surface area contributed by atoms with Gasteiger partial charge in [-0.05, 0) is 0 Å². The van der Waals surface area contributed by atoms with Gasteiger partial charge in [-0.1, -0.05) is 0 Å². The molecule has 0 spiro atoms. The molecule has 0 radical (unpaired) electrons. The number of hydrogen-bond donors (Lipinski definition) is 3. The number of nitrogens with one attached hydrogen (secondary N) is 2. The average molecular weight is 420 g/mol. The third-order valence-electron chi connectivity index (χ3n) is 5.41. The van der Waals surface area contributed by atoms with Gasteiger partial charge in [0, 0.05) is 0 Å². The van der Waals surface area contributed by atoms with Gasteiger partial charge in [-0.15, -0.1) is 0 Å². The normalized spacial score (nSPS) is 11.5. The second-order valence-corrected chi connectivity index (χ2v) is 11.4. The van der Waals surface area contributed by atoms with Crippen molar-refractivity contribution >= 4 is 35.0 Å². The molecule has 6 heteroatoms. The Morgan fingerprint density at radius 3 is 1.63 bits per heavy atom. The molecule has 0 aromatic heterocycles. The van der Waals surface area contributed by atoms with Crippen molar-refractivity contribution in [3.05, 3.63) is 91.0 Å². The molecule has 4 N–H and O–H groups in total. The molecule has 0 saturated carbocycles. The van der Waals surface area contributed by atoms with E-state index in [1.165, 1.54) is 20.8 Å². The summed E-state index contributed by atoms with van der Waals surface area (Å²) in [4.78, 5) is 13.8. The van der Waals surface area contributed by atoms with Crippen molar-refractivity contribution in [3.63, 3.8) is 0 Å². The van der Waals surface area contributed by atoms with Gasteiger partial charge in [-0.3, -0.25) is 0 Å². The number of hydrogen-bond acceptors (Lipinski definition) is 2. The summed E-state index contributed by atoms with van der Waals surface area (Å²) in [7, 11) is -0.710. The van der Waals surface area contributed by atoms with Gasteiger partial charge in [-0.25, -0.2) is 0 Å². The molecule has 1 amide bonds. The second kappa shape index (κ2) is 10.0. The van der Waals surface area contributed by atoms with E-state index in [1.54, 1.807) is 7.05 Å². The first-order valence-electron chi connectivity index (χ1n) is 10.0. The minimum absolute atomic E-state index is 0.0753. The van der Waals surface area contributed by atoms with E-state index in [0.717, 1.165) is 6.16 Å². The average Bonchev–Trinajstić information content (AvgIpc) is 2.78. The summed E-state index contributed by atoms with van der Waals surface area (Å²) in [6, 6.07) is 31.9. The predicted molar refractivity (Wildman–Crippen MR) is 129 cm³/mol. The molecule has 0 bridgehead atoms. The van der Waals surface area contributed by atoms with Crippen LogP contribution in [-0.4, -0.2) is 43.1 Å². The number of nitrogens with two attached hydrogens (primary N) is 1. The zero-order chi connectivity index (χ0) is 21.4. The molecular weight excluding hydrogens is 391 g/mol. The van der Waals surface area contributed by atoms with Crippen LogP contribution in [0.25, 0.3) is 0 Å². The molecule has 5 nitrogen and oxygen atoms in total. The Hall–Kier alpha value is -3.17. The zero-order valence-electron chi connectivity index (χ0n) is 17.2. The molecule has 0 saturated heterocycles. The maximum atomic E-state index is 12.4. The second-order valence-electron chi connectivity index (χ2n) is 7.34. The van der Waals surface area contributed by atoms with E-state index < -0.39 is 7.26 Å². The summed E-state index contributed by atoms with van der Waals surface area (Å²) in [6.07, 6.45) is 0.834. The van der Waals surface area contributed by atoms with E-state index in [2.05, 4.69) is 78.1 Å². The third-order valence-corrected chi connectivity index (χ3v) is 10.4. The van der Waals surface area contributed by atoms with Gasteiger partial charge in [0.15, 0.2) is 0 Å². The summed E-state index contributed by atoms with van der Waals surface area (Å²) in [5, 5.41) is 14.4. The van der Waals surface area contributed by atoms with E-state index in [-0.39, 0.29) is 18.4 Å². The molecule has 3 rings (SSSR count). The molecule has 0 unspecified atom stereocenters. The number of carbonyl (C=O) groups is 1. The van der Waals surface area contributed by atoms with Crippen molar-refractivity contribution in [3.8, 4) is 0 Å². The van der Waals surface area contributed by atoms with Crippen LogP contribution in [0.4, 0.5) is 0 Å². The molecule has 0 aliphatic carbocycles. The Kier molecular flexibility index (Phi) is 7.21. The van der Waals surface area contributed by atoms with Gasteiger partial charge < -0.3 is 0 Å². The van der Waals surface area contributed by atoms with Crippen LogP contribution < -0.4 is 27.0 Å². The Bertz CT molecular complexity index is 868. The fraction of sp³-hybridized carbons (Fsp3) is 0.167. The molecule has 30 heavy (non-hydrogen) atoms. The predicted octanol–water partition coefficient (Wildman–Crippen LogP) is 1.65. The van der Waals surface area contributed by atoms with E-state index in [9.17, 15) is 4.79 Å². The van der Waals surface area contributed by atoms with Gasteiger partial charge >= 0.3 is 178 Å². The van der Waals surface area contributed by atoms with Gasteiger partial charge in [0.25, 0.3) is 0 Å². The molecule has 3 aromatic carbocycles. The monoisotopic (exact) mass is 420 g/mol. The molecule has 0 heterocycles. The van der Waals surface area contributed by atoms with Crippen molar-refractivity contribution < 1.29 is 4.79 Å². The zero-order valence-corrected chi connectivity index (χ0v) is 18.2. The number of likely N-dealkylation sites (N-methyl/N-ethyl adjacent to an activating group) is 1. The fourth-order valence-electron chi connectivity index (χ4n) is 3.85. The number of benzene rings is 3. The Labute approximate surface area is 178 Å². The summed E-state index contributed by atoms with van der Waals surface area (Å²) in [5.41, 5.74) is 5.45. The minimum atomic E-state index is -2.35. The third kappa shape index (κ3) is 4.87. The summed E-state index contributed by atoms with van der Waals surface area (Å²) in [5.74, 6) is -0.253. The number of amides is 1. The number of rotatable bonds is 8. The summed E-state index contributed by atoms with van der Waals surface area (Å²) in [6.45, 7) is 0.626. The molecule has 3 aromatic rings. The van der Waals surface area contributed by atoms with Crippen LogP contribution >= 0.6 is 7.26 Å². The van der Waals surface area contributed by atoms with Crippen molar-refractivity contribution in [2.24, 2.45) is 5.73 Å². The number of nitrogens with zero attached hydrogens (tertiary/aromatic N) is 1. The summed E-state index contributed by atoms with van der Waals surface area (Å²) < 4.78 is 0.